The number of carbonyl (C=O) groups excluding carboxylic acids is 1. The van der Waals surface area contributed by atoms with Gasteiger partial charge in [-0.2, -0.15) is 0 Å². The van der Waals surface area contributed by atoms with Crippen molar-refractivity contribution in [3.8, 4) is 0 Å². The number of nitrogens with one attached hydrogen (secondary N) is 2. The minimum absolute atomic E-state index is 0.0116. The van der Waals surface area contributed by atoms with E-state index in [9.17, 15) is 13.2 Å². The van der Waals surface area contributed by atoms with E-state index in [1.807, 2.05) is 19.9 Å². The summed E-state index contributed by atoms with van der Waals surface area (Å²) in [5, 5.41) is 3.04. The van der Waals surface area contributed by atoms with Crippen molar-refractivity contribution in [2.45, 2.75) is 59.4 Å². The van der Waals surface area contributed by atoms with Crippen molar-refractivity contribution in [1.82, 2.24) is 5.32 Å². The Morgan fingerprint density at radius 3 is 1.97 bits per heavy atom. The van der Waals surface area contributed by atoms with Gasteiger partial charge in [0.25, 0.3) is 15.9 Å². The largest absolute Gasteiger partial charge is 0.349 e. The van der Waals surface area contributed by atoms with Gasteiger partial charge in [-0.1, -0.05) is 39.8 Å². The van der Waals surface area contributed by atoms with Crippen molar-refractivity contribution < 1.29 is 13.2 Å². The standard InChI is InChI=1S/C23H32N2O3S/c1-14(2)22(15(3)4)24-23(26)19-10-8-17(6)21(13-19)29(27,28)25-20-11-9-16(5)18(7)12-20/h8-15,22,25H,1-7H3,(H,24,26). The molecule has 0 aliphatic carbocycles. The topological polar surface area (TPSA) is 75.3 Å². The molecule has 1 amide bonds. The highest BCUT2D eigenvalue weighted by molar-refractivity contribution is 7.92. The Hall–Kier alpha value is -2.34. The lowest BCUT2D eigenvalue weighted by atomic mass is 9.93. The highest BCUT2D eigenvalue weighted by Crippen LogP contribution is 2.23. The third-order valence-electron chi connectivity index (χ3n) is 5.23. The van der Waals surface area contributed by atoms with Crippen molar-refractivity contribution in [2.75, 3.05) is 4.72 Å². The maximum absolute atomic E-state index is 13.0. The van der Waals surface area contributed by atoms with Crippen LogP contribution < -0.4 is 10.0 Å². The summed E-state index contributed by atoms with van der Waals surface area (Å²) in [6.07, 6.45) is 0. The number of aryl methyl sites for hydroxylation is 3. The van der Waals surface area contributed by atoms with Crippen LogP contribution in [0.15, 0.2) is 41.3 Å². The van der Waals surface area contributed by atoms with E-state index in [1.165, 1.54) is 6.07 Å². The molecule has 0 atom stereocenters. The van der Waals surface area contributed by atoms with Gasteiger partial charge < -0.3 is 5.32 Å². The fraction of sp³-hybridized carbons (Fsp3) is 0.435. The average molecular weight is 417 g/mol. The molecule has 0 radical (unpaired) electrons. The Morgan fingerprint density at radius 1 is 0.828 bits per heavy atom. The molecule has 2 N–H and O–H groups in total. The summed E-state index contributed by atoms with van der Waals surface area (Å²) in [7, 11) is -3.82. The molecule has 5 nitrogen and oxygen atoms in total. The van der Waals surface area contributed by atoms with Crippen LogP contribution in [0.3, 0.4) is 0 Å². The second-order valence-electron chi connectivity index (χ2n) is 8.37. The zero-order valence-electron chi connectivity index (χ0n) is 18.3. The van der Waals surface area contributed by atoms with Gasteiger partial charge in [0.2, 0.25) is 0 Å². The molecule has 2 aromatic rings. The zero-order chi connectivity index (χ0) is 21.9. The van der Waals surface area contributed by atoms with Gasteiger partial charge in [0.1, 0.15) is 0 Å². The summed E-state index contributed by atoms with van der Waals surface area (Å²) >= 11 is 0. The van der Waals surface area contributed by atoms with E-state index in [0.29, 0.717) is 16.8 Å². The van der Waals surface area contributed by atoms with Crippen LogP contribution in [0.25, 0.3) is 0 Å². The summed E-state index contributed by atoms with van der Waals surface area (Å²) < 4.78 is 28.6. The number of rotatable bonds is 7. The molecule has 0 unspecified atom stereocenters. The molecule has 0 fully saturated rings. The number of amides is 1. The molecule has 29 heavy (non-hydrogen) atoms. The van der Waals surface area contributed by atoms with Crippen LogP contribution in [0.2, 0.25) is 0 Å². The second-order valence-corrected chi connectivity index (χ2v) is 10.0. The zero-order valence-corrected chi connectivity index (χ0v) is 19.1. The van der Waals surface area contributed by atoms with E-state index >= 15 is 0 Å². The van der Waals surface area contributed by atoms with Crippen LogP contribution in [0.4, 0.5) is 5.69 Å². The first-order valence-electron chi connectivity index (χ1n) is 9.94. The first kappa shape index (κ1) is 22.9. The lowest BCUT2D eigenvalue weighted by Gasteiger charge is -2.26. The smallest absolute Gasteiger partial charge is 0.262 e. The molecule has 0 heterocycles. The van der Waals surface area contributed by atoms with E-state index in [1.54, 1.807) is 31.2 Å². The van der Waals surface area contributed by atoms with Crippen molar-refractivity contribution in [2.24, 2.45) is 11.8 Å². The molecule has 2 aromatic carbocycles. The number of sulfonamides is 1. The van der Waals surface area contributed by atoms with E-state index < -0.39 is 10.0 Å². The minimum atomic E-state index is -3.82. The van der Waals surface area contributed by atoms with Crippen LogP contribution >= 0.6 is 0 Å². The van der Waals surface area contributed by atoms with Crippen molar-refractivity contribution in [1.29, 1.82) is 0 Å². The van der Waals surface area contributed by atoms with Gasteiger partial charge in [-0.3, -0.25) is 9.52 Å². The van der Waals surface area contributed by atoms with E-state index in [4.69, 9.17) is 0 Å². The number of carbonyl (C=O) groups is 1. The number of hydrogen-bond donors (Lipinski definition) is 2. The van der Waals surface area contributed by atoms with E-state index in [0.717, 1.165) is 11.1 Å². The van der Waals surface area contributed by atoms with Crippen LogP contribution in [0, 0.1) is 32.6 Å². The summed E-state index contributed by atoms with van der Waals surface area (Å²) in [4.78, 5) is 12.9. The van der Waals surface area contributed by atoms with Gasteiger partial charge in [-0.05, 0) is 73.6 Å². The van der Waals surface area contributed by atoms with Crippen LogP contribution in [0.5, 0.6) is 0 Å². The van der Waals surface area contributed by atoms with E-state index in [2.05, 4.69) is 37.7 Å². The third kappa shape index (κ3) is 5.60. The minimum Gasteiger partial charge on any atom is -0.349 e. The van der Waals surface area contributed by atoms with Gasteiger partial charge in [0.15, 0.2) is 0 Å². The number of anilines is 1. The Balaban J connectivity index is 2.33. The lowest BCUT2D eigenvalue weighted by Crippen LogP contribution is -2.42. The lowest BCUT2D eigenvalue weighted by molar-refractivity contribution is 0.0910. The van der Waals surface area contributed by atoms with Crippen molar-refractivity contribution in [3.05, 3.63) is 58.7 Å². The monoisotopic (exact) mass is 416 g/mol. The second kappa shape index (κ2) is 8.99. The molecule has 0 bridgehead atoms. The summed E-state index contributed by atoms with van der Waals surface area (Å²) in [6.45, 7) is 13.9. The molecule has 0 aromatic heterocycles. The van der Waals surface area contributed by atoms with E-state index in [-0.39, 0.29) is 28.7 Å². The highest BCUT2D eigenvalue weighted by atomic mass is 32.2. The molecule has 0 aliphatic heterocycles. The third-order valence-corrected chi connectivity index (χ3v) is 6.76. The SMILES string of the molecule is Cc1ccc(NS(=O)(=O)c2cc(C(=O)NC(C(C)C)C(C)C)ccc2C)cc1C. The Kier molecular flexibility index (Phi) is 7.11. The molecule has 0 aliphatic rings. The number of hydrogen-bond acceptors (Lipinski definition) is 3. The Bertz CT molecular complexity index is 987. The molecule has 0 saturated carbocycles. The van der Waals surface area contributed by atoms with Gasteiger partial charge in [-0.15, -0.1) is 0 Å². The van der Waals surface area contributed by atoms with Crippen molar-refractivity contribution in [3.63, 3.8) is 0 Å². The summed E-state index contributed by atoms with van der Waals surface area (Å²) in [6, 6.07) is 10.2. The Labute approximate surface area is 175 Å². The van der Waals surface area contributed by atoms with Crippen LogP contribution in [-0.4, -0.2) is 20.4 Å². The maximum Gasteiger partial charge on any atom is 0.262 e. The molecule has 0 spiro atoms. The predicted molar refractivity (Wildman–Crippen MR) is 119 cm³/mol. The number of benzene rings is 2. The molecule has 158 valence electrons. The molecule has 6 heteroatoms. The highest BCUT2D eigenvalue weighted by Gasteiger charge is 2.23. The first-order chi connectivity index (χ1) is 13.4. The molecule has 0 saturated heterocycles. The molecular formula is C23H32N2O3S. The van der Waals surface area contributed by atoms with Gasteiger partial charge >= 0.3 is 0 Å². The molecular weight excluding hydrogens is 384 g/mol. The van der Waals surface area contributed by atoms with Gasteiger partial charge in [0.05, 0.1) is 4.90 Å². The van der Waals surface area contributed by atoms with Crippen LogP contribution in [0.1, 0.15) is 54.7 Å². The summed E-state index contributed by atoms with van der Waals surface area (Å²) in [5.74, 6) is 0.290. The van der Waals surface area contributed by atoms with Crippen molar-refractivity contribution >= 4 is 21.6 Å². The Morgan fingerprint density at radius 2 is 1.41 bits per heavy atom. The van der Waals surface area contributed by atoms with Gasteiger partial charge in [-0.25, -0.2) is 8.42 Å². The fourth-order valence-electron chi connectivity index (χ4n) is 3.38. The first-order valence-corrected chi connectivity index (χ1v) is 11.4. The molecule has 2 rings (SSSR count). The van der Waals surface area contributed by atoms with Crippen LogP contribution in [-0.2, 0) is 10.0 Å². The summed E-state index contributed by atoms with van der Waals surface area (Å²) in [5.41, 5.74) is 3.52. The fourth-order valence-corrected chi connectivity index (χ4v) is 4.70. The maximum atomic E-state index is 13.0. The quantitative estimate of drug-likeness (QED) is 0.679. The average Bonchev–Trinajstić information content (AvgIpc) is 2.62. The normalized spacial score (nSPS) is 11.9. The van der Waals surface area contributed by atoms with Gasteiger partial charge in [0, 0.05) is 17.3 Å². The predicted octanol–water partition coefficient (Wildman–Crippen LogP) is 4.82.